The number of sulfone groups is 1. The van der Waals surface area contributed by atoms with Crippen LogP contribution in [-0.4, -0.2) is 58.0 Å². The Morgan fingerprint density at radius 2 is 1.90 bits per heavy atom. The molecule has 0 radical (unpaired) electrons. The minimum Gasteiger partial charge on any atom is -0.326 e. The zero-order valence-corrected chi connectivity index (χ0v) is 13.1. The van der Waals surface area contributed by atoms with E-state index in [1.54, 1.807) is 6.07 Å². The molecule has 21 heavy (non-hydrogen) atoms. The number of likely N-dealkylation sites (N-methyl/N-ethyl adjacent to an activating group) is 1. The van der Waals surface area contributed by atoms with Gasteiger partial charge in [0.2, 0.25) is 9.84 Å². The number of fused-ring (bicyclic) bond motifs is 1. The Kier molecular flexibility index (Phi) is 3.88. The maximum Gasteiger partial charge on any atom is 0.201 e. The molecule has 1 fully saturated rings. The minimum atomic E-state index is -3.34. The lowest BCUT2D eigenvalue weighted by molar-refractivity contribution is 0.168. The van der Waals surface area contributed by atoms with Gasteiger partial charge in [-0.25, -0.2) is 8.42 Å². The van der Waals surface area contributed by atoms with Gasteiger partial charge in [-0.3, -0.25) is 4.90 Å². The minimum absolute atomic E-state index is 0.248. The van der Waals surface area contributed by atoms with E-state index in [0.717, 1.165) is 37.3 Å². The topological polar surface area (TPSA) is 66.6 Å². The van der Waals surface area contributed by atoms with E-state index in [1.165, 1.54) is 5.41 Å². The Balaban J connectivity index is 1.89. The van der Waals surface area contributed by atoms with Gasteiger partial charge in [0.1, 0.15) is 0 Å². The van der Waals surface area contributed by atoms with Crippen LogP contribution in [0.2, 0.25) is 0 Å². The predicted molar refractivity (Wildman–Crippen MR) is 83.4 cm³/mol. The fourth-order valence-corrected chi connectivity index (χ4v) is 4.73. The van der Waals surface area contributed by atoms with E-state index in [0.29, 0.717) is 17.0 Å². The zero-order valence-electron chi connectivity index (χ0n) is 12.2. The lowest BCUT2D eigenvalue weighted by atomic mass is 10.0. The van der Waals surface area contributed by atoms with Gasteiger partial charge in [0.15, 0.2) is 0 Å². The third-order valence-corrected chi connectivity index (χ3v) is 5.88. The molecule has 1 saturated heterocycles. The highest BCUT2D eigenvalue weighted by Gasteiger charge is 2.30. The molecule has 0 aromatic heterocycles. The van der Waals surface area contributed by atoms with Gasteiger partial charge in [-0.05, 0) is 23.7 Å². The third-order valence-electron chi connectivity index (χ3n) is 4.23. The molecule has 0 aliphatic carbocycles. The number of hydrogen-bond acceptors (Lipinski definition) is 5. The molecule has 0 atom stereocenters. The second-order valence-corrected chi connectivity index (χ2v) is 7.50. The van der Waals surface area contributed by atoms with E-state index < -0.39 is 9.84 Å². The van der Waals surface area contributed by atoms with Crippen LogP contribution in [0.15, 0.2) is 28.5 Å². The number of nitrogens with zero attached hydrogens (tertiary/aromatic N) is 2. The molecule has 6 heteroatoms. The van der Waals surface area contributed by atoms with Gasteiger partial charge in [0.25, 0.3) is 0 Å². The quantitative estimate of drug-likeness (QED) is 0.882. The van der Waals surface area contributed by atoms with Crippen molar-refractivity contribution in [3.63, 3.8) is 0 Å². The van der Waals surface area contributed by atoms with Gasteiger partial charge in [-0.15, -0.1) is 0 Å². The number of piperazine rings is 1. The Morgan fingerprint density at radius 1 is 1.19 bits per heavy atom. The average molecular weight is 307 g/mol. The van der Waals surface area contributed by atoms with Crippen LogP contribution in [0.3, 0.4) is 0 Å². The van der Waals surface area contributed by atoms with Crippen molar-refractivity contribution in [3.05, 3.63) is 34.7 Å². The molecule has 2 N–H and O–H groups in total. The zero-order chi connectivity index (χ0) is 15.0. The fourth-order valence-electron chi connectivity index (χ4n) is 3.01. The standard InChI is InChI=1S/C15H21N3O2S/c1-17-5-7-18(8-6-17)10-13-11-21(19,20)15-12(9-16)3-2-4-14(13)15/h2-4,11H,5-10,16H2,1H3. The molecule has 0 spiro atoms. The van der Waals surface area contributed by atoms with E-state index in [9.17, 15) is 8.42 Å². The van der Waals surface area contributed by atoms with Crippen molar-refractivity contribution < 1.29 is 8.42 Å². The Morgan fingerprint density at radius 3 is 2.57 bits per heavy atom. The molecule has 2 heterocycles. The normalized spacial score (nSPS) is 22.1. The predicted octanol–water partition coefficient (Wildman–Crippen LogP) is 0.521. The summed E-state index contributed by atoms with van der Waals surface area (Å²) in [5, 5.41) is 1.43. The summed E-state index contributed by atoms with van der Waals surface area (Å²) in [5.41, 5.74) is 8.11. The number of nitrogens with two attached hydrogens (primary N) is 1. The van der Waals surface area contributed by atoms with Gasteiger partial charge in [0.05, 0.1) is 4.90 Å². The fraction of sp³-hybridized carbons (Fsp3) is 0.467. The second kappa shape index (κ2) is 5.53. The lowest BCUT2D eigenvalue weighted by Gasteiger charge is -2.32. The van der Waals surface area contributed by atoms with E-state index >= 15 is 0 Å². The van der Waals surface area contributed by atoms with E-state index in [2.05, 4.69) is 16.8 Å². The van der Waals surface area contributed by atoms with Crippen molar-refractivity contribution in [2.24, 2.45) is 5.73 Å². The first-order valence-corrected chi connectivity index (χ1v) is 8.75. The third kappa shape index (κ3) is 2.76. The molecular formula is C15H21N3O2S. The Bertz CT molecular complexity index is 674. The summed E-state index contributed by atoms with van der Waals surface area (Å²) in [6.45, 7) is 4.93. The van der Waals surface area contributed by atoms with Crippen molar-refractivity contribution in [1.29, 1.82) is 0 Å². The average Bonchev–Trinajstić information content (AvgIpc) is 2.73. The number of rotatable bonds is 3. The highest BCUT2D eigenvalue weighted by molar-refractivity contribution is 7.95. The second-order valence-electron chi connectivity index (χ2n) is 5.77. The Labute approximate surface area is 125 Å². The molecule has 2 aliphatic heterocycles. The Hall–Kier alpha value is -1.21. The molecule has 2 aliphatic rings. The monoisotopic (exact) mass is 307 g/mol. The van der Waals surface area contributed by atoms with E-state index in [4.69, 9.17) is 5.73 Å². The van der Waals surface area contributed by atoms with Crippen LogP contribution >= 0.6 is 0 Å². The molecule has 114 valence electrons. The number of hydrogen-bond donors (Lipinski definition) is 1. The summed E-state index contributed by atoms with van der Waals surface area (Å²) >= 11 is 0. The summed E-state index contributed by atoms with van der Waals surface area (Å²) in [4.78, 5) is 5.01. The SMILES string of the molecule is CN1CCN(CC2=CS(=O)(=O)c3c(CN)cccc32)CC1. The van der Waals surface area contributed by atoms with Crippen molar-refractivity contribution >= 4 is 15.4 Å². The molecule has 1 aromatic carbocycles. The van der Waals surface area contributed by atoms with Crippen molar-refractivity contribution in [3.8, 4) is 0 Å². The maximum absolute atomic E-state index is 12.4. The van der Waals surface area contributed by atoms with Crippen LogP contribution < -0.4 is 5.73 Å². The molecule has 1 aromatic rings. The summed E-state index contributed by atoms with van der Waals surface area (Å²) in [7, 11) is -1.23. The molecule has 0 amide bonds. The van der Waals surface area contributed by atoms with Crippen LogP contribution in [0.1, 0.15) is 11.1 Å². The summed E-state index contributed by atoms with van der Waals surface area (Å²) in [6, 6.07) is 5.57. The first-order valence-electron chi connectivity index (χ1n) is 7.20. The van der Waals surface area contributed by atoms with E-state index in [-0.39, 0.29) is 6.54 Å². The summed E-state index contributed by atoms with van der Waals surface area (Å²) in [5.74, 6) is 0. The van der Waals surface area contributed by atoms with Gasteiger partial charge in [-0.2, -0.15) is 0 Å². The highest BCUT2D eigenvalue weighted by atomic mass is 32.2. The van der Waals surface area contributed by atoms with Crippen LogP contribution in [0.4, 0.5) is 0 Å². The van der Waals surface area contributed by atoms with Crippen molar-refractivity contribution in [2.75, 3.05) is 39.8 Å². The molecule has 0 unspecified atom stereocenters. The van der Waals surface area contributed by atoms with Crippen LogP contribution in [0.5, 0.6) is 0 Å². The molecule has 5 nitrogen and oxygen atoms in total. The highest BCUT2D eigenvalue weighted by Crippen LogP contribution is 2.36. The van der Waals surface area contributed by atoms with Gasteiger partial charge in [-0.1, -0.05) is 18.2 Å². The van der Waals surface area contributed by atoms with Gasteiger partial charge >= 0.3 is 0 Å². The summed E-state index contributed by atoms with van der Waals surface area (Å²) in [6.07, 6.45) is 0. The lowest BCUT2D eigenvalue weighted by Crippen LogP contribution is -2.44. The molecule has 3 rings (SSSR count). The van der Waals surface area contributed by atoms with E-state index in [1.807, 2.05) is 12.1 Å². The first kappa shape index (κ1) is 14.7. The first-order chi connectivity index (χ1) is 10.0. The molecule has 0 bridgehead atoms. The molecule has 0 saturated carbocycles. The smallest absolute Gasteiger partial charge is 0.201 e. The largest absolute Gasteiger partial charge is 0.326 e. The maximum atomic E-state index is 12.4. The number of benzene rings is 1. The van der Waals surface area contributed by atoms with Crippen molar-refractivity contribution in [2.45, 2.75) is 11.4 Å². The summed E-state index contributed by atoms with van der Waals surface area (Å²) < 4.78 is 24.8. The van der Waals surface area contributed by atoms with Crippen LogP contribution in [0.25, 0.3) is 5.57 Å². The van der Waals surface area contributed by atoms with Gasteiger partial charge in [0, 0.05) is 44.7 Å². The van der Waals surface area contributed by atoms with Gasteiger partial charge < -0.3 is 10.6 Å². The van der Waals surface area contributed by atoms with Crippen LogP contribution in [0, 0.1) is 0 Å². The van der Waals surface area contributed by atoms with Crippen molar-refractivity contribution in [1.82, 2.24) is 9.80 Å². The molecular weight excluding hydrogens is 286 g/mol. The van der Waals surface area contributed by atoms with Crippen LogP contribution in [-0.2, 0) is 16.4 Å².